The van der Waals surface area contributed by atoms with Gasteiger partial charge in [0.25, 0.3) is 11.8 Å². The summed E-state index contributed by atoms with van der Waals surface area (Å²) in [4.78, 5) is 42.8. The van der Waals surface area contributed by atoms with E-state index in [0.29, 0.717) is 21.9 Å². The maximum Gasteiger partial charge on any atom is 0.325 e. The minimum absolute atomic E-state index is 0.0132. The van der Waals surface area contributed by atoms with Gasteiger partial charge in [0.05, 0.1) is 11.1 Å². The molecule has 4 rings (SSSR count). The third-order valence-electron chi connectivity index (χ3n) is 4.77. The highest BCUT2D eigenvalue weighted by Crippen LogP contribution is 2.32. The van der Waals surface area contributed by atoms with Crippen LogP contribution in [0, 0.1) is 0 Å². The number of anilines is 2. The van der Waals surface area contributed by atoms with E-state index in [9.17, 15) is 14.4 Å². The zero-order valence-corrected chi connectivity index (χ0v) is 14.8. The van der Waals surface area contributed by atoms with Gasteiger partial charge in [-0.15, -0.1) is 11.3 Å². The number of aromatic nitrogens is 1. The fourth-order valence-electron chi connectivity index (χ4n) is 3.55. The van der Waals surface area contributed by atoms with Crippen LogP contribution in [0.2, 0.25) is 0 Å². The van der Waals surface area contributed by atoms with E-state index >= 15 is 0 Å². The molecule has 2 aliphatic rings. The molecule has 26 heavy (non-hydrogen) atoms. The molecule has 0 atom stereocenters. The molecule has 1 aromatic heterocycles. The van der Waals surface area contributed by atoms with Gasteiger partial charge < -0.3 is 5.32 Å². The van der Waals surface area contributed by atoms with Crippen LogP contribution in [0.25, 0.3) is 0 Å². The SMILES string of the molecule is O=C(Nc1ccc2c(c1)C(=O)N(C1CCCCC1)C2=O)Nc1nccs1. The molecule has 2 N–H and O–H groups in total. The van der Waals surface area contributed by atoms with Gasteiger partial charge >= 0.3 is 6.03 Å². The molecular weight excluding hydrogens is 352 g/mol. The van der Waals surface area contributed by atoms with Crippen LogP contribution in [0.15, 0.2) is 29.8 Å². The Morgan fingerprint density at radius 1 is 1.08 bits per heavy atom. The number of benzene rings is 1. The van der Waals surface area contributed by atoms with Crippen molar-refractivity contribution in [1.82, 2.24) is 9.88 Å². The van der Waals surface area contributed by atoms with E-state index in [0.717, 1.165) is 32.1 Å². The molecule has 1 fully saturated rings. The van der Waals surface area contributed by atoms with Gasteiger partial charge in [-0.05, 0) is 31.0 Å². The van der Waals surface area contributed by atoms with Crippen LogP contribution in [0.3, 0.4) is 0 Å². The van der Waals surface area contributed by atoms with E-state index in [1.54, 1.807) is 29.8 Å². The van der Waals surface area contributed by atoms with Crippen LogP contribution in [-0.4, -0.2) is 33.8 Å². The Bertz CT molecular complexity index is 859. The first kappa shape index (κ1) is 16.7. The van der Waals surface area contributed by atoms with Gasteiger partial charge in [0.15, 0.2) is 5.13 Å². The second-order valence-corrected chi connectivity index (χ2v) is 7.34. The number of nitrogens with zero attached hydrogens (tertiary/aromatic N) is 2. The van der Waals surface area contributed by atoms with E-state index in [4.69, 9.17) is 0 Å². The molecule has 8 heteroatoms. The summed E-state index contributed by atoms with van der Waals surface area (Å²) in [6.07, 6.45) is 6.57. The zero-order chi connectivity index (χ0) is 18.1. The quantitative estimate of drug-likeness (QED) is 0.806. The molecule has 1 aliphatic heterocycles. The average Bonchev–Trinajstić information content (AvgIpc) is 3.23. The summed E-state index contributed by atoms with van der Waals surface area (Å²) in [5.41, 5.74) is 1.23. The summed E-state index contributed by atoms with van der Waals surface area (Å²) in [7, 11) is 0. The lowest BCUT2D eigenvalue weighted by atomic mass is 9.94. The van der Waals surface area contributed by atoms with Gasteiger partial charge in [-0.1, -0.05) is 19.3 Å². The summed E-state index contributed by atoms with van der Waals surface area (Å²) in [6.45, 7) is 0. The van der Waals surface area contributed by atoms with E-state index < -0.39 is 6.03 Å². The molecule has 0 bridgehead atoms. The number of fused-ring (bicyclic) bond motifs is 1. The Labute approximate surface area is 154 Å². The molecule has 0 saturated heterocycles. The maximum absolute atomic E-state index is 12.8. The smallest absolute Gasteiger partial charge is 0.308 e. The Balaban J connectivity index is 1.51. The third kappa shape index (κ3) is 3.08. The predicted octanol–water partition coefficient (Wildman–Crippen LogP) is 3.72. The van der Waals surface area contributed by atoms with Crippen molar-refractivity contribution in [3.05, 3.63) is 40.9 Å². The number of urea groups is 1. The number of imide groups is 1. The zero-order valence-electron chi connectivity index (χ0n) is 14.0. The molecule has 0 radical (unpaired) electrons. The molecule has 1 aliphatic carbocycles. The minimum atomic E-state index is -0.444. The van der Waals surface area contributed by atoms with Gasteiger partial charge in [0.1, 0.15) is 0 Å². The second-order valence-electron chi connectivity index (χ2n) is 6.45. The van der Waals surface area contributed by atoms with Crippen molar-refractivity contribution >= 4 is 40.0 Å². The fraction of sp³-hybridized carbons (Fsp3) is 0.333. The summed E-state index contributed by atoms with van der Waals surface area (Å²) >= 11 is 1.31. The van der Waals surface area contributed by atoms with E-state index in [2.05, 4.69) is 15.6 Å². The van der Waals surface area contributed by atoms with E-state index in [-0.39, 0.29) is 17.9 Å². The van der Waals surface area contributed by atoms with Gasteiger partial charge in [-0.2, -0.15) is 0 Å². The van der Waals surface area contributed by atoms with Crippen LogP contribution in [-0.2, 0) is 0 Å². The molecule has 1 aromatic carbocycles. The lowest BCUT2D eigenvalue weighted by molar-refractivity contribution is 0.0549. The van der Waals surface area contributed by atoms with Crippen molar-refractivity contribution in [2.75, 3.05) is 10.6 Å². The molecular formula is C18H18N4O3S. The highest BCUT2D eigenvalue weighted by Gasteiger charge is 2.40. The van der Waals surface area contributed by atoms with Gasteiger partial charge in [0.2, 0.25) is 0 Å². The Morgan fingerprint density at radius 3 is 2.58 bits per heavy atom. The first-order valence-corrected chi connectivity index (χ1v) is 9.51. The minimum Gasteiger partial charge on any atom is -0.308 e. The normalized spacial score (nSPS) is 17.3. The first-order chi connectivity index (χ1) is 12.6. The number of hydrogen-bond acceptors (Lipinski definition) is 5. The number of thiazole rings is 1. The molecule has 0 spiro atoms. The van der Waals surface area contributed by atoms with E-state index in [1.807, 2.05) is 0 Å². The van der Waals surface area contributed by atoms with Crippen LogP contribution < -0.4 is 10.6 Å². The average molecular weight is 370 g/mol. The highest BCUT2D eigenvalue weighted by molar-refractivity contribution is 7.13. The second kappa shape index (κ2) is 6.87. The largest absolute Gasteiger partial charge is 0.325 e. The van der Waals surface area contributed by atoms with Crippen molar-refractivity contribution in [2.45, 2.75) is 38.1 Å². The lowest BCUT2D eigenvalue weighted by Crippen LogP contribution is -2.40. The molecule has 4 amide bonds. The number of amides is 4. The summed E-state index contributed by atoms with van der Waals surface area (Å²) < 4.78 is 0. The van der Waals surface area contributed by atoms with Crippen molar-refractivity contribution in [1.29, 1.82) is 0 Å². The van der Waals surface area contributed by atoms with Gasteiger partial charge in [0, 0.05) is 23.3 Å². The molecule has 2 heterocycles. The molecule has 0 unspecified atom stereocenters. The number of carbonyl (C=O) groups is 3. The monoisotopic (exact) mass is 370 g/mol. The van der Waals surface area contributed by atoms with Gasteiger partial charge in [-0.3, -0.25) is 19.8 Å². The number of rotatable bonds is 3. The van der Waals surface area contributed by atoms with Crippen molar-refractivity contribution in [3.63, 3.8) is 0 Å². The Kier molecular flexibility index (Phi) is 4.42. The molecule has 1 saturated carbocycles. The Morgan fingerprint density at radius 2 is 1.85 bits per heavy atom. The van der Waals surface area contributed by atoms with Gasteiger partial charge in [-0.25, -0.2) is 9.78 Å². The van der Waals surface area contributed by atoms with Crippen molar-refractivity contribution < 1.29 is 14.4 Å². The van der Waals surface area contributed by atoms with Crippen LogP contribution in [0.5, 0.6) is 0 Å². The number of hydrogen-bond donors (Lipinski definition) is 2. The maximum atomic E-state index is 12.8. The predicted molar refractivity (Wildman–Crippen MR) is 98.6 cm³/mol. The van der Waals surface area contributed by atoms with Crippen LogP contribution in [0.1, 0.15) is 52.8 Å². The molecule has 134 valence electrons. The fourth-order valence-corrected chi connectivity index (χ4v) is 4.08. The van der Waals surface area contributed by atoms with Crippen LogP contribution in [0.4, 0.5) is 15.6 Å². The summed E-state index contributed by atoms with van der Waals surface area (Å²) in [5.74, 6) is -0.489. The lowest BCUT2D eigenvalue weighted by Gasteiger charge is -2.29. The van der Waals surface area contributed by atoms with Crippen molar-refractivity contribution in [3.8, 4) is 0 Å². The Hall–Kier alpha value is -2.74. The topological polar surface area (TPSA) is 91.4 Å². The number of nitrogens with one attached hydrogen (secondary N) is 2. The summed E-state index contributed by atoms with van der Waals surface area (Å²) in [6, 6.07) is 4.36. The standard InChI is InChI=1S/C18H18N4O3S/c23-15-13-7-6-11(20-17(25)21-18-19-8-9-26-18)10-14(13)16(24)22(15)12-4-2-1-3-5-12/h6-10,12H,1-5H2,(H2,19,20,21,25). The molecule has 7 nitrogen and oxygen atoms in total. The third-order valence-corrected chi connectivity index (χ3v) is 5.46. The first-order valence-electron chi connectivity index (χ1n) is 8.63. The molecule has 2 aromatic rings. The number of carbonyl (C=O) groups excluding carboxylic acids is 3. The van der Waals surface area contributed by atoms with E-state index in [1.165, 1.54) is 16.2 Å². The van der Waals surface area contributed by atoms with Crippen LogP contribution >= 0.6 is 11.3 Å². The van der Waals surface area contributed by atoms with Crippen molar-refractivity contribution in [2.24, 2.45) is 0 Å². The summed E-state index contributed by atoms with van der Waals surface area (Å²) in [5, 5.41) is 7.53. The highest BCUT2D eigenvalue weighted by atomic mass is 32.1.